The summed E-state index contributed by atoms with van der Waals surface area (Å²) in [5.74, 6) is -1.14. The van der Waals surface area contributed by atoms with Crippen LogP contribution in [-0.4, -0.2) is 24.1 Å². The van der Waals surface area contributed by atoms with Crippen molar-refractivity contribution in [2.24, 2.45) is 0 Å². The van der Waals surface area contributed by atoms with E-state index in [-0.39, 0.29) is 23.4 Å². The largest absolute Gasteiger partial charge is 0.459 e. The lowest BCUT2D eigenvalue weighted by atomic mass is 9.82. The van der Waals surface area contributed by atoms with Gasteiger partial charge in [0, 0.05) is 5.57 Å². The van der Waals surface area contributed by atoms with Crippen molar-refractivity contribution in [3.05, 3.63) is 141 Å². The summed E-state index contributed by atoms with van der Waals surface area (Å²) in [6.45, 7) is 7.20. The lowest BCUT2D eigenvalue weighted by molar-refractivity contribution is -0.145. The first-order valence-corrected chi connectivity index (χ1v) is 13.6. The molecule has 0 saturated carbocycles. The van der Waals surface area contributed by atoms with Crippen LogP contribution < -0.4 is 10.4 Å². The van der Waals surface area contributed by atoms with Crippen molar-refractivity contribution < 1.29 is 19.1 Å². The van der Waals surface area contributed by atoms with Crippen molar-refractivity contribution in [1.82, 2.24) is 0 Å². The standard InChI is InChI=1S/C36H32O4/c1-23(2)39-35(37)31-22-27-18-11-12-19-30(27)32-28(25-14-7-5-8-15-25)20-13-21-29(26-16-9-6-10-17-26)33(32)34(31)36(38)40-24(3)4/h5-24H,1-4H3. The van der Waals surface area contributed by atoms with E-state index in [2.05, 4.69) is 18.2 Å². The summed E-state index contributed by atoms with van der Waals surface area (Å²) >= 11 is 0. The van der Waals surface area contributed by atoms with Crippen LogP contribution in [0.2, 0.25) is 0 Å². The van der Waals surface area contributed by atoms with Gasteiger partial charge in [0.25, 0.3) is 0 Å². The van der Waals surface area contributed by atoms with Crippen molar-refractivity contribution in [2.75, 3.05) is 0 Å². The Balaban J connectivity index is 1.99. The number of carbonyl (C=O) groups is 2. The Morgan fingerprint density at radius 2 is 1.23 bits per heavy atom. The summed E-state index contributed by atoms with van der Waals surface area (Å²) in [4.78, 5) is 27.8. The van der Waals surface area contributed by atoms with E-state index in [0.717, 1.165) is 38.3 Å². The quantitative estimate of drug-likeness (QED) is 0.372. The fourth-order valence-electron chi connectivity index (χ4n) is 5.07. The van der Waals surface area contributed by atoms with Gasteiger partial charge in [0.2, 0.25) is 0 Å². The molecule has 2 aliphatic rings. The highest BCUT2D eigenvalue weighted by molar-refractivity contribution is 6.21. The minimum absolute atomic E-state index is 0.174. The zero-order valence-electron chi connectivity index (χ0n) is 23.2. The lowest BCUT2D eigenvalue weighted by Gasteiger charge is -2.22. The number of carbonyl (C=O) groups excluding carboxylic acids is 2. The van der Waals surface area contributed by atoms with Crippen LogP contribution in [0.3, 0.4) is 0 Å². The van der Waals surface area contributed by atoms with Gasteiger partial charge in [0.15, 0.2) is 0 Å². The molecule has 3 aromatic carbocycles. The second-order valence-electron chi connectivity index (χ2n) is 10.3. The number of hydrogen-bond donors (Lipinski definition) is 0. The van der Waals surface area contributed by atoms with Gasteiger partial charge in [-0.25, -0.2) is 9.59 Å². The molecule has 0 atom stereocenters. The number of fused-ring (bicyclic) bond motifs is 2. The third-order valence-corrected chi connectivity index (χ3v) is 6.64. The van der Waals surface area contributed by atoms with Gasteiger partial charge in [0.1, 0.15) is 0 Å². The molecule has 0 unspecified atom stereocenters. The van der Waals surface area contributed by atoms with Gasteiger partial charge in [0.05, 0.1) is 23.4 Å². The first-order chi connectivity index (χ1) is 19.3. The van der Waals surface area contributed by atoms with E-state index in [4.69, 9.17) is 9.47 Å². The van der Waals surface area contributed by atoms with Crippen LogP contribution in [0.5, 0.6) is 0 Å². The van der Waals surface area contributed by atoms with E-state index in [1.807, 2.05) is 84.9 Å². The smallest absolute Gasteiger partial charge is 0.339 e. The Morgan fingerprint density at radius 3 is 1.88 bits per heavy atom. The molecule has 4 heteroatoms. The fraction of sp³-hybridized carbons (Fsp3) is 0.167. The van der Waals surface area contributed by atoms with Gasteiger partial charge in [-0.3, -0.25) is 0 Å². The van der Waals surface area contributed by atoms with Crippen molar-refractivity contribution in [2.45, 2.75) is 39.9 Å². The summed E-state index contributed by atoms with van der Waals surface area (Å²) in [6.07, 6.45) is 7.09. The van der Waals surface area contributed by atoms with E-state index in [1.165, 1.54) is 0 Å². The number of hydrogen-bond acceptors (Lipinski definition) is 4. The summed E-state index contributed by atoms with van der Waals surface area (Å²) in [5, 5.41) is 1.72. The van der Waals surface area contributed by atoms with Gasteiger partial charge in [-0.1, -0.05) is 103 Å². The topological polar surface area (TPSA) is 52.6 Å². The van der Waals surface area contributed by atoms with Gasteiger partial charge in [-0.2, -0.15) is 0 Å². The van der Waals surface area contributed by atoms with E-state index in [9.17, 15) is 9.59 Å². The monoisotopic (exact) mass is 528 g/mol. The maximum absolute atomic E-state index is 14.1. The minimum atomic E-state index is -0.571. The molecule has 0 heterocycles. The summed E-state index contributed by atoms with van der Waals surface area (Å²) in [7, 11) is 0. The average Bonchev–Trinajstić information content (AvgIpc) is 3.22. The molecule has 0 N–H and O–H groups in total. The normalized spacial score (nSPS) is 14.7. The van der Waals surface area contributed by atoms with Crippen LogP contribution in [0.25, 0.3) is 22.8 Å². The number of allylic oxidation sites excluding steroid dienone is 5. The second kappa shape index (κ2) is 11.6. The van der Waals surface area contributed by atoms with Gasteiger partial charge >= 0.3 is 11.9 Å². The maximum atomic E-state index is 14.1. The Hall–Kier alpha value is -4.70. The summed E-state index contributed by atoms with van der Waals surface area (Å²) in [5.41, 5.74) is 5.52. The zero-order valence-corrected chi connectivity index (χ0v) is 23.2. The molecule has 5 rings (SSSR count). The van der Waals surface area contributed by atoms with E-state index in [0.29, 0.717) is 5.57 Å². The average molecular weight is 529 g/mol. The Kier molecular flexibility index (Phi) is 7.79. The van der Waals surface area contributed by atoms with E-state index < -0.39 is 11.9 Å². The highest BCUT2D eigenvalue weighted by atomic mass is 16.5. The molecule has 3 aromatic rings. The van der Waals surface area contributed by atoms with Crippen molar-refractivity contribution >= 4 is 34.7 Å². The minimum Gasteiger partial charge on any atom is -0.459 e. The van der Waals surface area contributed by atoms with Gasteiger partial charge in [-0.15, -0.1) is 0 Å². The highest BCUT2D eigenvalue weighted by Gasteiger charge is 2.34. The molecule has 0 radical (unpaired) electrons. The van der Waals surface area contributed by atoms with Crippen LogP contribution in [0.1, 0.15) is 38.8 Å². The Labute approximate surface area is 235 Å². The molecule has 4 nitrogen and oxygen atoms in total. The third kappa shape index (κ3) is 5.39. The summed E-state index contributed by atoms with van der Waals surface area (Å²) in [6, 6.07) is 27.9. The molecule has 0 saturated heterocycles. The molecule has 40 heavy (non-hydrogen) atoms. The molecular formula is C36H32O4. The first-order valence-electron chi connectivity index (χ1n) is 13.6. The summed E-state index contributed by atoms with van der Waals surface area (Å²) < 4.78 is 11.5. The molecule has 2 aliphatic carbocycles. The van der Waals surface area contributed by atoms with Gasteiger partial charge < -0.3 is 9.47 Å². The Morgan fingerprint density at radius 1 is 0.650 bits per heavy atom. The predicted molar refractivity (Wildman–Crippen MR) is 160 cm³/mol. The molecule has 0 spiro atoms. The third-order valence-electron chi connectivity index (χ3n) is 6.64. The zero-order chi connectivity index (χ0) is 28.2. The number of rotatable bonds is 6. The van der Waals surface area contributed by atoms with Crippen molar-refractivity contribution in [1.29, 1.82) is 0 Å². The number of esters is 2. The van der Waals surface area contributed by atoms with Crippen LogP contribution in [0.15, 0.2) is 120 Å². The van der Waals surface area contributed by atoms with E-state index in [1.54, 1.807) is 33.8 Å². The SMILES string of the molecule is CC(C)OC(=O)C1=C(C(=O)OC(C)C)C2=C(c3ccccc3)C=CC=C(c3ccccc3)C2=c2ccccc2=C1. The van der Waals surface area contributed by atoms with Crippen molar-refractivity contribution in [3.63, 3.8) is 0 Å². The van der Waals surface area contributed by atoms with Crippen LogP contribution in [0.4, 0.5) is 0 Å². The van der Waals surface area contributed by atoms with Crippen LogP contribution in [-0.2, 0) is 19.1 Å². The van der Waals surface area contributed by atoms with Crippen LogP contribution >= 0.6 is 0 Å². The molecular weight excluding hydrogens is 496 g/mol. The highest BCUT2D eigenvalue weighted by Crippen LogP contribution is 2.42. The molecule has 0 aromatic heterocycles. The predicted octanol–water partition coefficient (Wildman–Crippen LogP) is 5.94. The second-order valence-corrected chi connectivity index (χ2v) is 10.3. The Bertz CT molecular complexity index is 1700. The van der Waals surface area contributed by atoms with E-state index >= 15 is 0 Å². The molecule has 0 amide bonds. The molecule has 0 aliphatic heterocycles. The first kappa shape index (κ1) is 26.9. The molecule has 0 bridgehead atoms. The molecule has 0 fully saturated rings. The lowest BCUT2D eigenvalue weighted by Crippen LogP contribution is -2.27. The van der Waals surface area contributed by atoms with Crippen molar-refractivity contribution in [3.8, 4) is 0 Å². The van der Waals surface area contributed by atoms with Crippen LogP contribution in [0, 0.1) is 0 Å². The molecule has 200 valence electrons. The van der Waals surface area contributed by atoms with Gasteiger partial charge in [-0.05, 0) is 72.1 Å². The number of benzene rings is 3. The maximum Gasteiger partial charge on any atom is 0.339 e. The fourth-order valence-corrected chi connectivity index (χ4v) is 5.07. The number of ether oxygens (including phenoxy) is 2.